The quantitative estimate of drug-likeness (QED) is 0.210. The van der Waals surface area contributed by atoms with Crippen LogP contribution in [0.2, 0.25) is 0 Å². The van der Waals surface area contributed by atoms with Gasteiger partial charge in [-0.1, -0.05) is 42.0 Å². The van der Waals surface area contributed by atoms with Crippen molar-refractivity contribution in [2.75, 3.05) is 0 Å². The molecule has 8 heteroatoms. The molecular formula is C27H23F4OP3. The molecule has 180 valence electrons. The summed E-state index contributed by atoms with van der Waals surface area (Å²) in [6.45, 7) is 3.32. The highest BCUT2D eigenvalue weighted by Gasteiger charge is 2.38. The van der Waals surface area contributed by atoms with E-state index in [1.165, 1.54) is 12.5 Å². The van der Waals surface area contributed by atoms with E-state index >= 15 is 8.78 Å². The third-order valence-electron chi connectivity index (χ3n) is 5.67. The van der Waals surface area contributed by atoms with E-state index in [0.29, 0.717) is 6.07 Å². The summed E-state index contributed by atoms with van der Waals surface area (Å²) in [5.41, 5.74) is 4.45. The lowest BCUT2D eigenvalue weighted by atomic mass is 9.98. The molecule has 35 heavy (non-hydrogen) atoms. The Morgan fingerprint density at radius 1 is 0.686 bits per heavy atom. The molecule has 0 amide bonds. The van der Waals surface area contributed by atoms with E-state index in [2.05, 4.69) is 52.0 Å². The molecule has 0 radical (unpaired) electrons. The smallest absolute Gasteiger partial charge is 0.427 e. The number of hydrogen-bond donors (Lipinski definition) is 0. The second-order valence-electron chi connectivity index (χ2n) is 8.35. The fourth-order valence-corrected chi connectivity index (χ4v) is 5.52. The summed E-state index contributed by atoms with van der Waals surface area (Å²) in [5, 5.41) is 1.37. The van der Waals surface area contributed by atoms with Crippen LogP contribution in [0.25, 0.3) is 22.3 Å². The maximum absolute atomic E-state index is 15.1. The Morgan fingerprint density at radius 2 is 1.26 bits per heavy atom. The first kappa shape index (κ1) is 25.8. The molecule has 3 unspecified atom stereocenters. The number of ether oxygens (including phenoxy) is 1. The molecule has 0 aliphatic carbocycles. The fourth-order valence-electron chi connectivity index (χ4n) is 3.88. The summed E-state index contributed by atoms with van der Waals surface area (Å²) in [7, 11) is 7.35. The zero-order valence-electron chi connectivity index (χ0n) is 19.0. The van der Waals surface area contributed by atoms with Gasteiger partial charge < -0.3 is 4.74 Å². The van der Waals surface area contributed by atoms with Crippen molar-refractivity contribution < 1.29 is 22.3 Å². The van der Waals surface area contributed by atoms with Gasteiger partial charge in [-0.2, -0.15) is 8.78 Å². The summed E-state index contributed by atoms with van der Waals surface area (Å²) < 4.78 is 62.4. The predicted molar refractivity (Wildman–Crippen MR) is 146 cm³/mol. The maximum Gasteiger partial charge on any atom is 0.427 e. The molecule has 0 aromatic heterocycles. The predicted octanol–water partition coefficient (Wildman–Crippen LogP) is 6.55. The minimum atomic E-state index is -3.78. The van der Waals surface area contributed by atoms with E-state index < -0.39 is 23.5 Å². The van der Waals surface area contributed by atoms with Gasteiger partial charge in [-0.3, -0.25) is 0 Å². The third-order valence-corrected chi connectivity index (χ3v) is 7.06. The molecule has 0 aliphatic rings. The molecule has 0 spiro atoms. The van der Waals surface area contributed by atoms with Crippen molar-refractivity contribution >= 4 is 43.6 Å². The first-order valence-electron chi connectivity index (χ1n) is 10.6. The Hall–Kier alpha value is -2.31. The van der Waals surface area contributed by atoms with Crippen LogP contribution in [0.1, 0.15) is 16.7 Å². The fraction of sp³-hybridized carbons (Fsp3) is 0.111. The first-order chi connectivity index (χ1) is 16.5. The van der Waals surface area contributed by atoms with Crippen LogP contribution in [0.5, 0.6) is 5.75 Å². The summed E-state index contributed by atoms with van der Waals surface area (Å²) in [6, 6.07) is 19.1. The van der Waals surface area contributed by atoms with Gasteiger partial charge in [0.2, 0.25) is 0 Å². The molecule has 0 heterocycles. The van der Waals surface area contributed by atoms with Crippen molar-refractivity contribution in [1.82, 2.24) is 0 Å². The lowest BCUT2D eigenvalue weighted by Crippen LogP contribution is -2.32. The Bertz CT molecular complexity index is 1370. The number of aryl methyl sites for hydroxylation is 2. The average Bonchev–Trinajstić information content (AvgIpc) is 2.76. The Labute approximate surface area is 208 Å². The SMILES string of the molecule is Cc1ccc(-c2ccc(-c3cc(P)c(C(F)(F)Oc4cc(C)c(F)c(F)c4)c(P)c3)c(P)c2)cc1. The molecule has 1 nitrogen and oxygen atoms in total. The van der Waals surface area contributed by atoms with E-state index in [1.807, 2.05) is 25.1 Å². The summed E-state index contributed by atoms with van der Waals surface area (Å²) in [5.74, 6) is -2.79. The van der Waals surface area contributed by atoms with Crippen LogP contribution < -0.4 is 20.7 Å². The van der Waals surface area contributed by atoms with Crippen molar-refractivity contribution in [3.8, 4) is 28.0 Å². The van der Waals surface area contributed by atoms with Crippen molar-refractivity contribution in [2.24, 2.45) is 0 Å². The van der Waals surface area contributed by atoms with Gasteiger partial charge in [-0.25, -0.2) is 8.78 Å². The lowest BCUT2D eigenvalue weighted by Gasteiger charge is -2.23. The van der Waals surface area contributed by atoms with E-state index in [9.17, 15) is 8.78 Å². The number of rotatable bonds is 5. The largest absolute Gasteiger partial charge is 0.429 e. The maximum atomic E-state index is 15.1. The zero-order valence-corrected chi connectivity index (χ0v) is 22.5. The number of alkyl halides is 2. The van der Waals surface area contributed by atoms with Crippen LogP contribution in [0.4, 0.5) is 17.6 Å². The monoisotopic (exact) mass is 532 g/mol. The molecule has 0 aliphatic heterocycles. The van der Waals surface area contributed by atoms with Gasteiger partial charge in [0.05, 0.1) is 5.56 Å². The van der Waals surface area contributed by atoms with Gasteiger partial charge in [-0.15, -0.1) is 27.7 Å². The van der Waals surface area contributed by atoms with Gasteiger partial charge in [0.15, 0.2) is 11.6 Å². The highest BCUT2D eigenvalue weighted by atomic mass is 31.0. The number of benzene rings is 4. The van der Waals surface area contributed by atoms with Gasteiger partial charge >= 0.3 is 6.11 Å². The van der Waals surface area contributed by atoms with Crippen molar-refractivity contribution in [2.45, 2.75) is 20.0 Å². The summed E-state index contributed by atoms with van der Waals surface area (Å²) in [4.78, 5) is 0. The van der Waals surface area contributed by atoms with Crippen molar-refractivity contribution in [1.29, 1.82) is 0 Å². The van der Waals surface area contributed by atoms with Crippen LogP contribution in [0.15, 0.2) is 66.7 Å². The van der Waals surface area contributed by atoms with Gasteiger partial charge in [-0.05, 0) is 81.8 Å². The molecule has 0 saturated carbocycles. The Balaban J connectivity index is 1.67. The topological polar surface area (TPSA) is 9.23 Å². The Kier molecular flexibility index (Phi) is 7.35. The minimum absolute atomic E-state index is 0.120. The molecule has 0 fully saturated rings. The van der Waals surface area contributed by atoms with Crippen molar-refractivity contribution in [3.05, 3.63) is 95.1 Å². The van der Waals surface area contributed by atoms with E-state index in [1.54, 1.807) is 12.1 Å². The van der Waals surface area contributed by atoms with E-state index in [0.717, 1.165) is 33.6 Å². The van der Waals surface area contributed by atoms with Crippen LogP contribution in [-0.4, -0.2) is 0 Å². The van der Waals surface area contributed by atoms with Crippen LogP contribution in [0, 0.1) is 25.5 Å². The Morgan fingerprint density at radius 3 is 1.83 bits per heavy atom. The standard InChI is InChI=1S/C27H23F4OP3/c1-14-3-5-16(6-4-14)17-7-8-20(22(33)10-17)18-11-23(34)25(24(35)12-18)27(30,31)32-19-9-15(2)26(29)21(28)13-19/h3-13H,33-35H2,1-2H3. The van der Waals surface area contributed by atoms with Gasteiger partial charge in [0.25, 0.3) is 0 Å². The van der Waals surface area contributed by atoms with Crippen LogP contribution in [0.3, 0.4) is 0 Å². The van der Waals surface area contributed by atoms with E-state index in [4.69, 9.17) is 4.74 Å². The second kappa shape index (κ2) is 9.98. The minimum Gasteiger partial charge on any atom is -0.429 e. The molecule has 0 bridgehead atoms. The highest BCUT2D eigenvalue weighted by molar-refractivity contribution is 7.30. The summed E-state index contributed by atoms with van der Waals surface area (Å²) >= 11 is 0. The molecule has 4 aromatic carbocycles. The normalized spacial score (nSPS) is 11.6. The van der Waals surface area contributed by atoms with Crippen LogP contribution >= 0.6 is 27.7 Å². The second-order valence-corrected chi connectivity index (χ2v) is 10.2. The average molecular weight is 532 g/mol. The molecular weight excluding hydrogens is 509 g/mol. The lowest BCUT2D eigenvalue weighted by molar-refractivity contribution is -0.184. The molecule has 4 aromatic rings. The first-order valence-corrected chi connectivity index (χ1v) is 12.4. The third kappa shape index (κ3) is 5.44. The van der Waals surface area contributed by atoms with Crippen LogP contribution in [-0.2, 0) is 6.11 Å². The summed E-state index contributed by atoms with van der Waals surface area (Å²) in [6.07, 6.45) is -3.78. The van der Waals surface area contributed by atoms with E-state index in [-0.39, 0.29) is 21.7 Å². The molecule has 0 N–H and O–H groups in total. The van der Waals surface area contributed by atoms with Gasteiger partial charge in [0.1, 0.15) is 5.75 Å². The number of hydrogen-bond acceptors (Lipinski definition) is 1. The van der Waals surface area contributed by atoms with Crippen molar-refractivity contribution in [3.63, 3.8) is 0 Å². The molecule has 0 saturated heterocycles. The zero-order chi connectivity index (χ0) is 25.5. The number of halogens is 4. The van der Waals surface area contributed by atoms with Gasteiger partial charge in [0, 0.05) is 6.07 Å². The molecule has 3 atom stereocenters. The molecule has 4 rings (SSSR count). The highest BCUT2D eigenvalue weighted by Crippen LogP contribution is 2.34.